The smallest absolute Gasteiger partial charge is 0.216 e. The van der Waals surface area contributed by atoms with E-state index in [9.17, 15) is 0 Å². The third-order valence-electron chi connectivity index (χ3n) is 3.72. The van der Waals surface area contributed by atoms with Gasteiger partial charge in [0.15, 0.2) is 5.82 Å². The Bertz CT molecular complexity index is 921. The van der Waals surface area contributed by atoms with Crippen LogP contribution in [0.5, 0.6) is 0 Å². The van der Waals surface area contributed by atoms with Crippen molar-refractivity contribution in [2.45, 2.75) is 33.1 Å². The molecule has 3 aromatic rings. The summed E-state index contributed by atoms with van der Waals surface area (Å²) in [7, 11) is 0. The summed E-state index contributed by atoms with van der Waals surface area (Å²) in [5.74, 6) is 0.713. The zero-order chi connectivity index (χ0) is 17.3. The number of hydrogen-bond donors (Lipinski definition) is 1. The van der Waals surface area contributed by atoms with E-state index in [4.69, 9.17) is 12.2 Å². The zero-order valence-electron chi connectivity index (χ0n) is 14.2. The summed E-state index contributed by atoms with van der Waals surface area (Å²) >= 11 is 7.01. The van der Waals surface area contributed by atoms with Crippen molar-refractivity contribution in [3.63, 3.8) is 0 Å². The molecule has 0 saturated carbocycles. The number of nitrogens with one attached hydrogen (secondary N) is 1. The monoisotopic (exact) mass is 356 g/mol. The summed E-state index contributed by atoms with van der Waals surface area (Å²) in [6, 6.07) is 12.5. The van der Waals surface area contributed by atoms with Gasteiger partial charge >= 0.3 is 0 Å². The fraction of sp³-hybridized carbons (Fsp3) is 0.278. The van der Waals surface area contributed by atoms with Gasteiger partial charge in [0.05, 0.1) is 6.21 Å². The van der Waals surface area contributed by atoms with Gasteiger partial charge in [-0.2, -0.15) is 14.9 Å². The minimum atomic E-state index is 0.123. The number of aromatic amines is 1. The van der Waals surface area contributed by atoms with Gasteiger partial charge in [0, 0.05) is 15.3 Å². The summed E-state index contributed by atoms with van der Waals surface area (Å²) < 4.78 is 2.14. The van der Waals surface area contributed by atoms with E-state index in [0.717, 1.165) is 10.4 Å². The second-order valence-corrected chi connectivity index (χ2v) is 8.39. The Morgan fingerprint density at radius 2 is 1.88 bits per heavy atom. The molecule has 0 atom stereocenters. The molecule has 1 aromatic carbocycles. The minimum Gasteiger partial charge on any atom is -0.250 e. The molecule has 2 heterocycles. The van der Waals surface area contributed by atoms with Crippen LogP contribution in [0.25, 0.3) is 11.4 Å². The minimum absolute atomic E-state index is 0.123. The summed E-state index contributed by atoms with van der Waals surface area (Å²) in [6.45, 7) is 8.68. The summed E-state index contributed by atoms with van der Waals surface area (Å²) in [6.07, 6.45) is 1.82. The standard InChI is InChI=1S/C18H20N4S2/c1-12-5-10-15(24-12)11-19-22-16(20-21-17(22)23)13-6-8-14(9-7-13)18(2,3)4/h5-11H,1-4H3,(H,21,23)/b19-11+. The highest BCUT2D eigenvalue weighted by atomic mass is 32.1. The van der Waals surface area contributed by atoms with Crippen molar-refractivity contribution in [3.05, 3.63) is 56.5 Å². The average molecular weight is 357 g/mol. The van der Waals surface area contributed by atoms with E-state index >= 15 is 0 Å². The van der Waals surface area contributed by atoms with Crippen LogP contribution in [0.4, 0.5) is 0 Å². The molecule has 3 rings (SSSR count). The predicted octanol–water partition coefficient (Wildman–Crippen LogP) is 5.16. The van der Waals surface area contributed by atoms with Gasteiger partial charge in [-0.25, -0.2) is 5.10 Å². The number of nitrogens with zero attached hydrogens (tertiary/aromatic N) is 3. The van der Waals surface area contributed by atoms with Crippen LogP contribution < -0.4 is 0 Å². The highest BCUT2D eigenvalue weighted by Crippen LogP contribution is 2.25. The first kappa shape index (κ1) is 16.8. The SMILES string of the molecule is Cc1ccc(/C=N/n2c(-c3ccc(C(C)(C)C)cc3)n[nH]c2=S)s1. The molecular weight excluding hydrogens is 336 g/mol. The Morgan fingerprint density at radius 3 is 2.46 bits per heavy atom. The molecule has 1 N–H and O–H groups in total. The summed E-state index contributed by atoms with van der Waals surface area (Å²) in [4.78, 5) is 2.34. The maximum atomic E-state index is 5.31. The predicted molar refractivity (Wildman–Crippen MR) is 104 cm³/mol. The molecule has 0 bridgehead atoms. The molecule has 0 spiro atoms. The van der Waals surface area contributed by atoms with E-state index in [1.807, 2.05) is 12.3 Å². The fourth-order valence-corrected chi connectivity index (χ4v) is 3.27. The van der Waals surface area contributed by atoms with Crippen molar-refractivity contribution in [1.29, 1.82) is 0 Å². The molecule has 0 amide bonds. The normalized spacial score (nSPS) is 12.2. The molecule has 0 unspecified atom stereocenters. The van der Waals surface area contributed by atoms with Gasteiger partial charge in [0.1, 0.15) is 0 Å². The molecule has 0 aliphatic carbocycles. The first-order chi connectivity index (χ1) is 11.3. The number of rotatable bonds is 3. The molecule has 0 saturated heterocycles. The van der Waals surface area contributed by atoms with Crippen LogP contribution in [-0.4, -0.2) is 21.1 Å². The molecular formula is C18H20N4S2. The number of H-pyrrole nitrogens is 1. The van der Waals surface area contributed by atoms with Crippen LogP contribution in [0.2, 0.25) is 0 Å². The van der Waals surface area contributed by atoms with Crippen molar-refractivity contribution < 1.29 is 0 Å². The first-order valence-corrected chi connectivity index (χ1v) is 8.96. The third kappa shape index (κ3) is 3.55. The lowest BCUT2D eigenvalue weighted by molar-refractivity contribution is 0.590. The number of hydrogen-bond acceptors (Lipinski definition) is 4. The van der Waals surface area contributed by atoms with Crippen molar-refractivity contribution in [1.82, 2.24) is 14.9 Å². The maximum absolute atomic E-state index is 5.31. The Hall–Kier alpha value is -2.05. The van der Waals surface area contributed by atoms with Crippen LogP contribution in [0, 0.1) is 11.7 Å². The van der Waals surface area contributed by atoms with Gasteiger partial charge in [-0.15, -0.1) is 11.3 Å². The van der Waals surface area contributed by atoms with E-state index < -0.39 is 0 Å². The fourth-order valence-electron chi connectivity index (χ4n) is 2.34. The molecule has 24 heavy (non-hydrogen) atoms. The third-order valence-corrected chi connectivity index (χ3v) is 4.92. The molecule has 0 aliphatic rings. The highest BCUT2D eigenvalue weighted by molar-refractivity contribution is 7.71. The lowest BCUT2D eigenvalue weighted by Crippen LogP contribution is -2.10. The second-order valence-electron chi connectivity index (χ2n) is 6.68. The topological polar surface area (TPSA) is 46.0 Å². The van der Waals surface area contributed by atoms with Crippen molar-refractivity contribution >= 4 is 29.8 Å². The first-order valence-electron chi connectivity index (χ1n) is 7.74. The number of aryl methyl sites for hydroxylation is 1. The largest absolute Gasteiger partial charge is 0.250 e. The van der Waals surface area contributed by atoms with Crippen LogP contribution in [0.1, 0.15) is 36.1 Å². The van der Waals surface area contributed by atoms with E-state index in [2.05, 4.69) is 73.3 Å². The highest BCUT2D eigenvalue weighted by Gasteiger charge is 2.14. The molecule has 124 valence electrons. The summed E-state index contributed by atoms with van der Waals surface area (Å²) in [5.41, 5.74) is 2.39. The molecule has 4 nitrogen and oxygen atoms in total. The maximum Gasteiger partial charge on any atom is 0.216 e. The van der Waals surface area contributed by atoms with Crippen molar-refractivity contribution in [2.24, 2.45) is 5.10 Å². The van der Waals surface area contributed by atoms with Crippen molar-refractivity contribution in [2.75, 3.05) is 0 Å². The Kier molecular flexibility index (Phi) is 4.51. The molecule has 0 aliphatic heterocycles. The van der Waals surface area contributed by atoms with Crippen LogP contribution in [0.15, 0.2) is 41.5 Å². The summed E-state index contributed by atoms with van der Waals surface area (Å²) in [5, 5.41) is 11.7. The van der Waals surface area contributed by atoms with Gasteiger partial charge in [-0.3, -0.25) is 0 Å². The van der Waals surface area contributed by atoms with E-state index in [0.29, 0.717) is 10.6 Å². The van der Waals surface area contributed by atoms with Gasteiger partial charge in [-0.1, -0.05) is 45.0 Å². The molecule has 0 radical (unpaired) electrons. The van der Waals surface area contributed by atoms with Crippen molar-refractivity contribution in [3.8, 4) is 11.4 Å². The van der Waals surface area contributed by atoms with Gasteiger partial charge < -0.3 is 0 Å². The van der Waals surface area contributed by atoms with Crippen LogP contribution in [0.3, 0.4) is 0 Å². The Balaban J connectivity index is 1.95. The molecule has 6 heteroatoms. The Morgan fingerprint density at radius 1 is 1.17 bits per heavy atom. The quantitative estimate of drug-likeness (QED) is 0.520. The van der Waals surface area contributed by atoms with E-state index in [1.54, 1.807) is 16.0 Å². The average Bonchev–Trinajstić information content (AvgIpc) is 3.10. The van der Waals surface area contributed by atoms with Gasteiger partial charge in [-0.05, 0) is 42.3 Å². The second kappa shape index (κ2) is 6.45. The van der Waals surface area contributed by atoms with Gasteiger partial charge in [0.25, 0.3) is 0 Å². The molecule has 2 aromatic heterocycles. The number of benzene rings is 1. The molecule has 0 fully saturated rings. The van der Waals surface area contributed by atoms with Gasteiger partial charge in [0.2, 0.25) is 4.77 Å². The lowest BCUT2D eigenvalue weighted by atomic mass is 9.87. The number of aromatic nitrogens is 3. The lowest BCUT2D eigenvalue weighted by Gasteiger charge is -2.18. The zero-order valence-corrected chi connectivity index (χ0v) is 15.8. The Labute approximate surface area is 150 Å². The van der Waals surface area contributed by atoms with Crippen LogP contribution in [-0.2, 0) is 5.41 Å². The van der Waals surface area contributed by atoms with E-state index in [-0.39, 0.29) is 5.41 Å². The van der Waals surface area contributed by atoms with E-state index in [1.165, 1.54) is 10.4 Å². The van der Waals surface area contributed by atoms with Crippen LogP contribution >= 0.6 is 23.6 Å². The number of thiophene rings is 1.